The van der Waals surface area contributed by atoms with Crippen molar-refractivity contribution in [2.45, 2.75) is 0 Å². The smallest absolute Gasteiger partial charge is 0.257 e. The van der Waals surface area contributed by atoms with E-state index < -0.39 is 0 Å². The SMILES string of the molecule is O=C(COc1ccc(C(=O)c2ccc(Cl)cc2)cc1)NCC1CNC1. The molecule has 3 rings (SSSR count). The number of hydrogen-bond donors (Lipinski definition) is 2. The molecule has 2 aromatic carbocycles. The highest BCUT2D eigenvalue weighted by atomic mass is 35.5. The van der Waals surface area contributed by atoms with Gasteiger partial charge >= 0.3 is 0 Å². The second-order valence-electron chi connectivity index (χ2n) is 5.98. The van der Waals surface area contributed by atoms with E-state index in [1.807, 2.05) is 0 Å². The van der Waals surface area contributed by atoms with Gasteiger partial charge in [0.25, 0.3) is 5.91 Å². The van der Waals surface area contributed by atoms with E-state index in [4.69, 9.17) is 16.3 Å². The number of nitrogens with one attached hydrogen (secondary N) is 2. The van der Waals surface area contributed by atoms with Crippen LogP contribution in [0.2, 0.25) is 5.02 Å². The standard InChI is InChI=1S/C19H19ClN2O3/c20-16-5-1-14(2-6-16)19(24)15-3-7-17(8-4-15)25-12-18(23)22-11-13-9-21-10-13/h1-8,13,21H,9-12H2,(H,22,23). The summed E-state index contributed by atoms with van der Waals surface area (Å²) in [6.45, 7) is 2.53. The van der Waals surface area contributed by atoms with Crippen LogP contribution in [0, 0.1) is 5.92 Å². The zero-order chi connectivity index (χ0) is 17.6. The molecule has 0 spiro atoms. The number of carbonyl (C=O) groups is 2. The number of hydrogen-bond acceptors (Lipinski definition) is 4. The van der Waals surface area contributed by atoms with E-state index in [1.165, 1.54) is 0 Å². The van der Waals surface area contributed by atoms with E-state index in [-0.39, 0.29) is 18.3 Å². The molecule has 1 heterocycles. The second-order valence-corrected chi connectivity index (χ2v) is 6.41. The lowest BCUT2D eigenvalue weighted by Gasteiger charge is -2.27. The first-order chi connectivity index (χ1) is 12.1. The predicted octanol–water partition coefficient (Wildman–Crippen LogP) is 2.29. The van der Waals surface area contributed by atoms with Gasteiger partial charge in [-0.25, -0.2) is 0 Å². The molecule has 0 aliphatic carbocycles. The molecule has 5 nitrogen and oxygen atoms in total. The van der Waals surface area contributed by atoms with Crippen molar-refractivity contribution in [3.05, 3.63) is 64.7 Å². The fraction of sp³-hybridized carbons (Fsp3) is 0.263. The molecule has 6 heteroatoms. The van der Waals surface area contributed by atoms with Crippen LogP contribution in [0.4, 0.5) is 0 Å². The fourth-order valence-corrected chi connectivity index (χ4v) is 2.55. The minimum atomic E-state index is -0.145. The average Bonchev–Trinajstić information content (AvgIpc) is 2.59. The first-order valence-electron chi connectivity index (χ1n) is 8.12. The maximum atomic E-state index is 12.4. The number of rotatable bonds is 7. The van der Waals surface area contributed by atoms with Gasteiger partial charge in [0.1, 0.15) is 5.75 Å². The lowest BCUT2D eigenvalue weighted by atomic mass is 10.0. The first-order valence-corrected chi connectivity index (χ1v) is 8.50. The van der Waals surface area contributed by atoms with Crippen molar-refractivity contribution in [2.24, 2.45) is 5.92 Å². The molecule has 0 unspecified atom stereocenters. The third kappa shape index (κ3) is 4.81. The van der Waals surface area contributed by atoms with Gasteiger partial charge in [-0.3, -0.25) is 9.59 Å². The molecular weight excluding hydrogens is 340 g/mol. The number of ether oxygens (including phenoxy) is 1. The van der Waals surface area contributed by atoms with Gasteiger partial charge in [-0.1, -0.05) is 11.6 Å². The quantitative estimate of drug-likeness (QED) is 0.745. The van der Waals surface area contributed by atoms with E-state index in [9.17, 15) is 9.59 Å². The molecule has 2 aromatic rings. The Balaban J connectivity index is 1.50. The Morgan fingerprint density at radius 1 is 1.04 bits per heavy atom. The molecule has 1 saturated heterocycles. The zero-order valence-corrected chi connectivity index (χ0v) is 14.4. The monoisotopic (exact) mass is 358 g/mol. The van der Waals surface area contributed by atoms with E-state index in [1.54, 1.807) is 48.5 Å². The molecule has 1 aliphatic rings. The number of benzene rings is 2. The summed E-state index contributed by atoms with van der Waals surface area (Å²) in [5, 5.41) is 6.59. The van der Waals surface area contributed by atoms with Crippen LogP contribution in [-0.2, 0) is 4.79 Å². The Morgan fingerprint density at radius 2 is 1.64 bits per heavy atom. The van der Waals surface area contributed by atoms with Crippen molar-refractivity contribution in [1.29, 1.82) is 0 Å². The molecule has 25 heavy (non-hydrogen) atoms. The summed E-state index contributed by atoms with van der Waals surface area (Å²) < 4.78 is 5.45. The summed E-state index contributed by atoms with van der Waals surface area (Å²) >= 11 is 5.83. The Kier molecular flexibility index (Phi) is 5.68. The molecule has 0 atom stereocenters. The van der Waals surface area contributed by atoms with Crippen molar-refractivity contribution >= 4 is 23.3 Å². The van der Waals surface area contributed by atoms with Gasteiger partial charge in [-0.2, -0.15) is 0 Å². The summed E-state index contributed by atoms with van der Waals surface area (Å²) in [6.07, 6.45) is 0. The summed E-state index contributed by atoms with van der Waals surface area (Å²) in [6, 6.07) is 13.5. The molecule has 1 amide bonds. The molecule has 0 bridgehead atoms. The molecule has 1 aliphatic heterocycles. The highest BCUT2D eigenvalue weighted by Crippen LogP contribution is 2.17. The van der Waals surface area contributed by atoms with Crippen molar-refractivity contribution in [2.75, 3.05) is 26.2 Å². The topological polar surface area (TPSA) is 67.4 Å². The number of carbonyl (C=O) groups excluding carboxylic acids is 2. The van der Waals surface area contributed by atoms with Crippen LogP contribution in [0.25, 0.3) is 0 Å². The summed E-state index contributed by atoms with van der Waals surface area (Å²) in [5.41, 5.74) is 1.12. The van der Waals surface area contributed by atoms with Crippen molar-refractivity contribution in [1.82, 2.24) is 10.6 Å². The molecule has 0 saturated carbocycles. The minimum Gasteiger partial charge on any atom is -0.484 e. The second kappa shape index (κ2) is 8.14. The summed E-state index contributed by atoms with van der Waals surface area (Å²) in [4.78, 5) is 24.1. The van der Waals surface area contributed by atoms with Gasteiger partial charge in [0.05, 0.1) is 0 Å². The number of ketones is 1. The first kappa shape index (κ1) is 17.5. The van der Waals surface area contributed by atoms with Crippen molar-refractivity contribution < 1.29 is 14.3 Å². The van der Waals surface area contributed by atoms with Crippen LogP contribution in [0.5, 0.6) is 5.75 Å². The van der Waals surface area contributed by atoms with Gasteiger partial charge in [0.2, 0.25) is 0 Å². The fourth-order valence-electron chi connectivity index (χ4n) is 2.42. The Morgan fingerprint density at radius 3 is 2.20 bits per heavy atom. The van der Waals surface area contributed by atoms with E-state index in [0.29, 0.717) is 34.4 Å². The molecule has 130 valence electrons. The Bertz CT molecular complexity index is 740. The molecule has 2 N–H and O–H groups in total. The summed E-state index contributed by atoms with van der Waals surface area (Å²) in [7, 11) is 0. The van der Waals surface area contributed by atoms with Gasteiger partial charge in [-0.05, 0) is 48.5 Å². The van der Waals surface area contributed by atoms with Crippen LogP contribution >= 0.6 is 11.6 Å². The largest absolute Gasteiger partial charge is 0.484 e. The molecule has 1 fully saturated rings. The van der Waals surface area contributed by atoms with E-state index in [0.717, 1.165) is 13.1 Å². The molecule has 0 radical (unpaired) electrons. The van der Waals surface area contributed by atoms with Gasteiger partial charge in [0.15, 0.2) is 12.4 Å². The van der Waals surface area contributed by atoms with Crippen LogP contribution in [0.1, 0.15) is 15.9 Å². The number of halogens is 1. The normalized spacial score (nSPS) is 13.8. The Labute approximate surface area is 151 Å². The van der Waals surface area contributed by atoms with Gasteiger partial charge in [-0.15, -0.1) is 0 Å². The highest BCUT2D eigenvalue weighted by molar-refractivity contribution is 6.30. The van der Waals surface area contributed by atoms with Crippen LogP contribution in [0.15, 0.2) is 48.5 Å². The molecular formula is C19H19ClN2O3. The maximum Gasteiger partial charge on any atom is 0.257 e. The third-order valence-electron chi connectivity index (χ3n) is 4.05. The number of amides is 1. The lowest BCUT2D eigenvalue weighted by Crippen LogP contribution is -2.48. The van der Waals surface area contributed by atoms with Crippen LogP contribution < -0.4 is 15.4 Å². The van der Waals surface area contributed by atoms with Gasteiger partial charge in [0, 0.05) is 41.7 Å². The van der Waals surface area contributed by atoms with Gasteiger partial charge < -0.3 is 15.4 Å². The van der Waals surface area contributed by atoms with Crippen LogP contribution in [0.3, 0.4) is 0 Å². The van der Waals surface area contributed by atoms with Crippen molar-refractivity contribution in [3.8, 4) is 5.75 Å². The van der Waals surface area contributed by atoms with E-state index >= 15 is 0 Å². The third-order valence-corrected chi connectivity index (χ3v) is 4.30. The minimum absolute atomic E-state index is 0.0371. The lowest BCUT2D eigenvalue weighted by molar-refractivity contribution is -0.123. The maximum absolute atomic E-state index is 12.4. The van der Waals surface area contributed by atoms with Crippen LogP contribution in [-0.4, -0.2) is 37.9 Å². The Hall–Kier alpha value is -2.37. The average molecular weight is 359 g/mol. The zero-order valence-electron chi connectivity index (χ0n) is 13.6. The predicted molar refractivity (Wildman–Crippen MR) is 96.2 cm³/mol. The highest BCUT2D eigenvalue weighted by Gasteiger charge is 2.17. The molecule has 0 aromatic heterocycles. The summed E-state index contributed by atoms with van der Waals surface area (Å²) in [5.74, 6) is 0.832. The van der Waals surface area contributed by atoms with Crippen molar-refractivity contribution in [3.63, 3.8) is 0 Å². The van der Waals surface area contributed by atoms with E-state index in [2.05, 4.69) is 10.6 Å².